The predicted octanol–water partition coefficient (Wildman–Crippen LogP) is 4.70. The van der Waals surface area contributed by atoms with Gasteiger partial charge in [-0.3, -0.25) is 0 Å². The van der Waals surface area contributed by atoms with E-state index in [0.29, 0.717) is 5.57 Å². The first-order chi connectivity index (χ1) is 11.7. The van der Waals surface area contributed by atoms with Gasteiger partial charge < -0.3 is 9.47 Å². The maximum Gasteiger partial charge on any atom is 0.333 e. The minimum atomic E-state index is -0.303. The Bertz CT molecular complexity index is 523. The number of carbonyl (C=O) groups is 1. The summed E-state index contributed by atoms with van der Waals surface area (Å²) in [5.41, 5.74) is 1.87. The second kappa shape index (κ2) is 9.63. The van der Waals surface area contributed by atoms with Crippen LogP contribution in [0.1, 0.15) is 51.0 Å². The molecule has 2 rings (SSSR count). The van der Waals surface area contributed by atoms with Crippen LogP contribution < -0.4 is 0 Å². The van der Waals surface area contributed by atoms with Gasteiger partial charge in [-0.25, -0.2) is 4.79 Å². The van der Waals surface area contributed by atoms with Crippen LogP contribution in [0.25, 0.3) is 0 Å². The van der Waals surface area contributed by atoms with Gasteiger partial charge in [0.15, 0.2) is 0 Å². The van der Waals surface area contributed by atoms with Crippen LogP contribution in [0, 0.1) is 5.92 Å². The maximum atomic E-state index is 11.9. The Morgan fingerprint density at radius 3 is 2.67 bits per heavy atom. The average molecular weight is 330 g/mol. The van der Waals surface area contributed by atoms with Crippen LogP contribution in [-0.4, -0.2) is 25.3 Å². The van der Waals surface area contributed by atoms with Gasteiger partial charge in [0.05, 0.1) is 19.3 Å². The second-order valence-electron chi connectivity index (χ2n) is 6.68. The number of unbranched alkanes of at least 4 members (excludes halogenated alkanes) is 2. The number of hydrogen-bond donors (Lipinski definition) is 0. The molecule has 0 amide bonds. The van der Waals surface area contributed by atoms with E-state index in [2.05, 4.69) is 37.8 Å². The molecule has 132 valence electrons. The summed E-state index contributed by atoms with van der Waals surface area (Å²) >= 11 is 0. The van der Waals surface area contributed by atoms with Gasteiger partial charge in [-0.2, -0.15) is 0 Å². The van der Waals surface area contributed by atoms with Gasteiger partial charge in [-0.15, -0.1) is 0 Å². The molecule has 1 heterocycles. The molecule has 0 aromatic heterocycles. The van der Waals surface area contributed by atoms with Crippen molar-refractivity contribution >= 4 is 5.97 Å². The molecule has 0 N–H and O–H groups in total. The van der Waals surface area contributed by atoms with Crippen molar-refractivity contribution in [2.24, 2.45) is 5.92 Å². The highest BCUT2D eigenvalue weighted by Gasteiger charge is 2.38. The summed E-state index contributed by atoms with van der Waals surface area (Å²) in [5.74, 6) is -0.227. The highest BCUT2D eigenvalue weighted by molar-refractivity contribution is 5.88. The zero-order valence-electron chi connectivity index (χ0n) is 15.0. The fraction of sp³-hybridized carbons (Fsp3) is 0.571. The lowest BCUT2D eigenvalue weighted by atomic mass is 9.88. The van der Waals surface area contributed by atoms with Gasteiger partial charge in [0.1, 0.15) is 0 Å². The third-order valence-electron chi connectivity index (χ3n) is 4.92. The Morgan fingerprint density at radius 1 is 1.25 bits per heavy atom. The number of esters is 1. The molecule has 1 aliphatic heterocycles. The molecule has 0 bridgehead atoms. The second-order valence-corrected chi connectivity index (χ2v) is 6.68. The van der Waals surface area contributed by atoms with Crippen molar-refractivity contribution in [2.45, 2.75) is 64.1 Å². The molecule has 0 radical (unpaired) electrons. The first kappa shape index (κ1) is 18.7. The molecule has 1 saturated heterocycles. The normalized spacial score (nSPS) is 23.2. The molecule has 0 spiro atoms. The summed E-state index contributed by atoms with van der Waals surface area (Å²) in [4.78, 5) is 11.9. The number of benzene rings is 1. The van der Waals surface area contributed by atoms with Crippen LogP contribution in [-0.2, 0) is 20.7 Å². The number of methoxy groups -OCH3 is 1. The molecule has 3 nitrogen and oxygen atoms in total. The molecule has 0 saturated carbocycles. The van der Waals surface area contributed by atoms with E-state index in [1.165, 1.54) is 31.9 Å². The van der Waals surface area contributed by atoms with Crippen LogP contribution in [0.2, 0.25) is 0 Å². The number of rotatable bonds is 9. The fourth-order valence-corrected chi connectivity index (χ4v) is 3.51. The van der Waals surface area contributed by atoms with Gasteiger partial charge in [0.25, 0.3) is 0 Å². The fourth-order valence-electron chi connectivity index (χ4n) is 3.51. The Hall–Kier alpha value is -1.61. The number of hydrogen-bond acceptors (Lipinski definition) is 3. The molecule has 1 aromatic carbocycles. The average Bonchev–Trinajstić information content (AvgIpc) is 3.02. The monoisotopic (exact) mass is 330 g/mol. The van der Waals surface area contributed by atoms with Gasteiger partial charge in [-0.1, -0.05) is 63.1 Å². The summed E-state index contributed by atoms with van der Waals surface area (Å²) in [6, 6.07) is 10.4. The lowest BCUT2D eigenvalue weighted by Crippen LogP contribution is -2.23. The minimum Gasteiger partial charge on any atom is -0.466 e. The van der Waals surface area contributed by atoms with Crippen LogP contribution in [0.3, 0.4) is 0 Å². The molecule has 1 fully saturated rings. The highest BCUT2D eigenvalue weighted by atomic mass is 16.5. The van der Waals surface area contributed by atoms with E-state index in [4.69, 9.17) is 9.47 Å². The van der Waals surface area contributed by atoms with E-state index in [0.717, 1.165) is 25.7 Å². The molecule has 1 aliphatic rings. The molecular formula is C21H30O3. The van der Waals surface area contributed by atoms with Crippen LogP contribution in [0.5, 0.6) is 0 Å². The molecule has 0 unspecified atom stereocenters. The van der Waals surface area contributed by atoms with E-state index in [-0.39, 0.29) is 24.1 Å². The SMILES string of the molecule is C=C(C(=O)OC)[C@@H]1C[C@H](CCCCC)O[C@@H]1CCc1ccccc1. The van der Waals surface area contributed by atoms with Crippen molar-refractivity contribution in [1.82, 2.24) is 0 Å². The summed E-state index contributed by atoms with van der Waals surface area (Å²) < 4.78 is 11.2. The third kappa shape index (κ3) is 5.20. The van der Waals surface area contributed by atoms with Crippen molar-refractivity contribution in [3.05, 3.63) is 48.0 Å². The zero-order valence-corrected chi connectivity index (χ0v) is 15.0. The lowest BCUT2D eigenvalue weighted by Gasteiger charge is -2.19. The van der Waals surface area contributed by atoms with Crippen molar-refractivity contribution in [2.75, 3.05) is 7.11 Å². The van der Waals surface area contributed by atoms with Crippen molar-refractivity contribution < 1.29 is 14.3 Å². The molecule has 0 aliphatic carbocycles. The first-order valence-electron chi connectivity index (χ1n) is 9.12. The van der Waals surface area contributed by atoms with Crippen molar-refractivity contribution in [3.8, 4) is 0 Å². The van der Waals surface area contributed by atoms with Crippen LogP contribution in [0.15, 0.2) is 42.5 Å². The number of carbonyl (C=O) groups excluding carboxylic acids is 1. The highest BCUT2D eigenvalue weighted by Crippen LogP contribution is 2.36. The predicted molar refractivity (Wildman–Crippen MR) is 96.8 cm³/mol. The molecule has 3 atom stereocenters. The van der Waals surface area contributed by atoms with Gasteiger partial charge >= 0.3 is 5.97 Å². The largest absolute Gasteiger partial charge is 0.466 e. The first-order valence-corrected chi connectivity index (χ1v) is 9.12. The van der Waals surface area contributed by atoms with Gasteiger partial charge in [0.2, 0.25) is 0 Å². The van der Waals surface area contributed by atoms with E-state index in [1.807, 2.05) is 6.07 Å². The number of ether oxygens (including phenoxy) is 2. The van der Waals surface area contributed by atoms with Crippen LogP contribution in [0.4, 0.5) is 0 Å². The van der Waals surface area contributed by atoms with Crippen molar-refractivity contribution in [1.29, 1.82) is 0 Å². The van der Waals surface area contributed by atoms with Gasteiger partial charge in [0, 0.05) is 11.5 Å². The standard InChI is InChI=1S/C21H30O3/c1-4-5-7-12-18-15-19(16(2)21(22)23-3)20(24-18)14-13-17-10-8-6-9-11-17/h6,8-11,18-20H,2,4-5,7,12-15H2,1,3H3/t18-,19-,20+/m0/s1. The summed E-state index contributed by atoms with van der Waals surface area (Å²) in [5, 5.41) is 0. The Kier molecular flexibility index (Phi) is 7.51. The third-order valence-corrected chi connectivity index (χ3v) is 4.92. The van der Waals surface area contributed by atoms with Gasteiger partial charge in [-0.05, 0) is 31.2 Å². The molecule has 1 aromatic rings. The molecular weight excluding hydrogens is 300 g/mol. The quantitative estimate of drug-likeness (QED) is 0.374. The smallest absolute Gasteiger partial charge is 0.333 e. The molecule has 3 heteroatoms. The summed E-state index contributed by atoms with van der Waals surface area (Å²) in [7, 11) is 1.42. The van der Waals surface area contributed by atoms with E-state index in [9.17, 15) is 4.79 Å². The maximum absolute atomic E-state index is 11.9. The topological polar surface area (TPSA) is 35.5 Å². The Morgan fingerprint density at radius 2 is 2.00 bits per heavy atom. The van der Waals surface area contributed by atoms with E-state index in [1.54, 1.807) is 0 Å². The minimum absolute atomic E-state index is 0.0587. The summed E-state index contributed by atoms with van der Waals surface area (Å²) in [6.45, 7) is 6.20. The molecule has 24 heavy (non-hydrogen) atoms. The Labute approximate surface area is 146 Å². The zero-order chi connectivity index (χ0) is 17.4. The Balaban J connectivity index is 1.97. The van der Waals surface area contributed by atoms with E-state index < -0.39 is 0 Å². The lowest BCUT2D eigenvalue weighted by molar-refractivity contribution is -0.137. The van der Waals surface area contributed by atoms with Crippen LogP contribution >= 0.6 is 0 Å². The summed E-state index contributed by atoms with van der Waals surface area (Å²) in [6.07, 6.45) is 7.75. The number of aryl methyl sites for hydroxylation is 1. The van der Waals surface area contributed by atoms with Crippen molar-refractivity contribution in [3.63, 3.8) is 0 Å². The van der Waals surface area contributed by atoms with E-state index >= 15 is 0 Å².